The molecule has 9 heteroatoms. The molecule has 3 unspecified atom stereocenters. The number of sulfone groups is 1. The van der Waals surface area contributed by atoms with Crippen LogP contribution >= 0.6 is 11.8 Å². The number of rotatable bonds is 5. The van der Waals surface area contributed by atoms with Crippen LogP contribution in [0.15, 0.2) is 0 Å². The van der Waals surface area contributed by atoms with Gasteiger partial charge in [0.25, 0.3) is 0 Å². The highest BCUT2D eigenvalue weighted by molar-refractivity contribution is 8.00. The third-order valence-electron chi connectivity index (χ3n) is 3.61. The molecule has 0 aromatic carbocycles. The quantitative estimate of drug-likeness (QED) is 0.735. The molecule has 0 saturated carbocycles. The molecular weight excluding hydrogens is 338 g/mol. The number of alkyl carbamates (subject to hydrolysis) is 1. The first-order valence-electron chi connectivity index (χ1n) is 7.67. The largest absolute Gasteiger partial charge is 0.444 e. The zero-order valence-electron chi connectivity index (χ0n) is 14.5. The number of carbonyl (C=O) groups excluding carboxylic acids is 1. The SMILES string of the molecule is CC(NC(=O)OC(C)(C)C)C(CN)N1CCSCC1S(C)(=O)=O. The van der Waals surface area contributed by atoms with Crippen LogP contribution in [0.5, 0.6) is 0 Å². The van der Waals surface area contributed by atoms with Crippen molar-refractivity contribution in [3.63, 3.8) is 0 Å². The Hall–Kier alpha value is -0.510. The van der Waals surface area contributed by atoms with E-state index in [2.05, 4.69) is 5.32 Å². The summed E-state index contributed by atoms with van der Waals surface area (Å²) in [6, 6.07) is -0.578. The number of thioether (sulfide) groups is 1. The van der Waals surface area contributed by atoms with Crippen LogP contribution in [0.4, 0.5) is 4.79 Å². The molecule has 1 aliphatic heterocycles. The normalized spacial score (nSPS) is 23.1. The van der Waals surface area contributed by atoms with Crippen molar-refractivity contribution in [3.05, 3.63) is 0 Å². The van der Waals surface area contributed by atoms with Gasteiger partial charge < -0.3 is 15.8 Å². The molecule has 0 aromatic rings. The molecule has 0 aliphatic carbocycles. The number of ether oxygens (including phenoxy) is 1. The third kappa shape index (κ3) is 6.48. The molecule has 1 heterocycles. The number of nitrogens with zero attached hydrogens (tertiary/aromatic N) is 1. The van der Waals surface area contributed by atoms with Crippen LogP contribution in [0.3, 0.4) is 0 Å². The highest BCUT2D eigenvalue weighted by Crippen LogP contribution is 2.23. The molecule has 3 atom stereocenters. The zero-order valence-corrected chi connectivity index (χ0v) is 16.2. The average Bonchev–Trinajstić information content (AvgIpc) is 2.36. The smallest absolute Gasteiger partial charge is 0.407 e. The summed E-state index contributed by atoms with van der Waals surface area (Å²) in [5.74, 6) is 1.37. The first kappa shape index (κ1) is 20.5. The number of nitrogens with one attached hydrogen (secondary N) is 1. The van der Waals surface area contributed by atoms with Crippen molar-refractivity contribution in [2.45, 2.75) is 50.8 Å². The van der Waals surface area contributed by atoms with Crippen molar-refractivity contribution < 1.29 is 17.9 Å². The summed E-state index contributed by atoms with van der Waals surface area (Å²) >= 11 is 1.62. The molecule has 136 valence electrons. The Morgan fingerprint density at radius 2 is 2.09 bits per heavy atom. The Labute approximate surface area is 143 Å². The number of amides is 1. The van der Waals surface area contributed by atoms with Crippen molar-refractivity contribution in [2.24, 2.45) is 5.73 Å². The van der Waals surface area contributed by atoms with Gasteiger partial charge in [0.2, 0.25) is 0 Å². The Morgan fingerprint density at radius 3 is 2.57 bits per heavy atom. The molecule has 7 nitrogen and oxygen atoms in total. The molecule has 1 aliphatic rings. The van der Waals surface area contributed by atoms with Gasteiger partial charge in [-0.15, -0.1) is 0 Å². The molecule has 1 fully saturated rings. The summed E-state index contributed by atoms with van der Waals surface area (Å²) in [5.41, 5.74) is 5.29. The van der Waals surface area contributed by atoms with Gasteiger partial charge in [-0.3, -0.25) is 4.90 Å². The van der Waals surface area contributed by atoms with E-state index in [-0.39, 0.29) is 18.6 Å². The van der Waals surface area contributed by atoms with Crippen molar-refractivity contribution in [2.75, 3.05) is 30.9 Å². The van der Waals surface area contributed by atoms with Gasteiger partial charge in [0.05, 0.1) is 0 Å². The highest BCUT2D eigenvalue weighted by atomic mass is 32.2. The molecule has 1 rings (SSSR count). The van der Waals surface area contributed by atoms with Crippen LogP contribution in [0.2, 0.25) is 0 Å². The minimum atomic E-state index is -3.22. The minimum Gasteiger partial charge on any atom is -0.444 e. The van der Waals surface area contributed by atoms with Crippen LogP contribution in [-0.2, 0) is 14.6 Å². The second-order valence-electron chi connectivity index (χ2n) is 6.83. The van der Waals surface area contributed by atoms with E-state index in [9.17, 15) is 13.2 Å². The van der Waals surface area contributed by atoms with E-state index in [1.165, 1.54) is 6.26 Å². The Balaban J connectivity index is 2.82. The van der Waals surface area contributed by atoms with Gasteiger partial charge in [-0.05, 0) is 27.7 Å². The van der Waals surface area contributed by atoms with Gasteiger partial charge in [-0.25, -0.2) is 13.2 Å². The van der Waals surface area contributed by atoms with E-state index in [0.717, 1.165) is 5.75 Å². The van der Waals surface area contributed by atoms with Crippen molar-refractivity contribution in [3.8, 4) is 0 Å². The lowest BCUT2D eigenvalue weighted by atomic mass is 10.1. The molecule has 0 radical (unpaired) electrons. The van der Waals surface area contributed by atoms with E-state index in [1.807, 2.05) is 11.8 Å². The predicted molar refractivity (Wildman–Crippen MR) is 94.3 cm³/mol. The number of hydrogen-bond acceptors (Lipinski definition) is 7. The lowest BCUT2D eigenvalue weighted by Crippen LogP contribution is -2.61. The van der Waals surface area contributed by atoms with E-state index in [0.29, 0.717) is 12.3 Å². The topological polar surface area (TPSA) is 102 Å². The van der Waals surface area contributed by atoms with E-state index < -0.39 is 26.9 Å². The maximum Gasteiger partial charge on any atom is 0.407 e. The van der Waals surface area contributed by atoms with E-state index in [1.54, 1.807) is 32.5 Å². The van der Waals surface area contributed by atoms with Gasteiger partial charge in [0, 0.05) is 42.9 Å². The standard InChI is InChI=1S/C14H29N3O4S2/c1-10(16-13(18)21-14(2,3)4)11(8-15)17-6-7-22-9-12(17)23(5,19)20/h10-12H,6-9,15H2,1-5H3,(H,16,18). The highest BCUT2D eigenvalue weighted by Gasteiger charge is 2.37. The van der Waals surface area contributed by atoms with Gasteiger partial charge >= 0.3 is 6.09 Å². The van der Waals surface area contributed by atoms with Gasteiger partial charge in [0.15, 0.2) is 9.84 Å². The maximum absolute atomic E-state index is 12.0. The monoisotopic (exact) mass is 367 g/mol. The summed E-state index contributed by atoms with van der Waals surface area (Å²) < 4.78 is 29.3. The van der Waals surface area contributed by atoms with Crippen LogP contribution in [-0.4, -0.2) is 73.3 Å². The van der Waals surface area contributed by atoms with E-state index in [4.69, 9.17) is 10.5 Å². The van der Waals surface area contributed by atoms with Crippen molar-refractivity contribution in [1.29, 1.82) is 0 Å². The molecule has 1 amide bonds. The maximum atomic E-state index is 12.0. The molecule has 3 N–H and O–H groups in total. The van der Waals surface area contributed by atoms with Crippen LogP contribution in [0.1, 0.15) is 27.7 Å². The first-order chi connectivity index (χ1) is 10.5. The average molecular weight is 368 g/mol. The summed E-state index contributed by atoms with van der Waals surface area (Å²) in [7, 11) is -3.22. The fourth-order valence-corrected chi connectivity index (χ4v) is 5.49. The van der Waals surface area contributed by atoms with Crippen molar-refractivity contribution in [1.82, 2.24) is 10.2 Å². The lowest BCUT2D eigenvalue weighted by Gasteiger charge is -2.42. The molecule has 1 saturated heterocycles. The molecule has 0 aromatic heterocycles. The Kier molecular flexibility index (Phi) is 7.18. The third-order valence-corrected chi connectivity index (χ3v) is 6.27. The van der Waals surface area contributed by atoms with Gasteiger partial charge in [-0.2, -0.15) is 11.8 Å². The summed E-state index contributed by atoms with van der Waals surface area (Å²) in [6.45, 7) is 8.08. The molecule has 23 heavy (non-hydrogen) atoms. The minimum absolute atomic E-state index is 0.258. The number of carbonyl (C=O) groups is 1. The van der Waals surface area contributed by atoms with Crippen LogP contribution < -0.4 is 11.1 Å². The fraction of sp³-hybridized carbons (Fsp3) is 0.929. The number of hydrogen-bond donors (Lipinski definition) is 2. The summed E-state index contributed by atoms with van der Waals surface area (Å²) in [5, 5.41) is 2.20. The van der Waals surface area contributed by atoms with Crippen molar-refractivity contribution >= 4 is 27.7 Å². The predicted octanol–water partition coefficient (Wildman–Crippen LogP) is 0.646. The van der Waals surface area contributed by atoms with Crippen LogP contribution in [0, 0.1) is 0 Å². The Morgan fingerprint density at radius 1 is 1.48 bits per heavy atom. The summed E-state index contributed by atoms with van der Waals surface area (Å²) in [4.78, 5) is 13.8. The second-order valence-corrected chi connectivity index (χ2v) is 10.2. The molecular formula is C14H29N3O4S2. The van der Waals surface area contributed by atoms with Gasteiger partial charge in [-0.1, -0.05) is 0 Å². The lowest BCUT2D eigenvalue weighted by molar-refractivity contribution is 0.0468. The van der Waals surface area contributed by atoms with E-state index >= 15 is 0 Å². The van der Waals surface area contributed by atoms with Crippen LogP contribution in [0.25, 0.3) is 0 Å². The number of nitrogens with two attached hydrogens (primary N) is 1. The second kappa shape index (κ2) is 8.04. The summed E-state index contributed by atoms with van der Waals surface area (Å²) in [6.07, 6.45) is 0.724. The Bertz CT molecular complexity index is 505. The van der Waals surface area contributed by atoms with Gasteiger partial charge in [0.1, 0.15) is 11.0 Å². The molecule has 0 spiro atoms. The fourth-order valence-electron chi connectivity index (χ4n) is 2.56. The zero-order chi connectivity index (χ0) is 17.8. The first-order valence-corrected chi connectivity index (χ1v) is 10.8. The molecule has 0 bridgehead atoms.